The van der Waals surface area contributed by atoms with E-state index in [-0.39, 0.29) is 34.1 Å². The lowest BCUT2D eigenvalue weighted by Gasteiger charge is -2.38. The number of benzene rings is 2. The fourth-order valence-corrected chi connectivity index (χ4v) is 6.85. The van der Waals surface area contributed by atoms with E-state index >= 15 is 4.39 Å². The first kappa shape index (κ1) is 27.0. The first-order valence-corrected chi connectivity index (χ1v) is 13.6. The minimum Gasteiger partial charge on any atom is -0.393 e. The van der Waals surface area contributed by atoms with E-state index in [9.17, 15) is 19.1 Å². The van der Waals surface area contributed by atoms with E-state index in [1.165, 1.54) is 18.2 Å². The molecule has 0 aromatic heterocycles. The maximum absolute atomic E-state index is 15.7. The third-order valence-corrected chi connectivity index (χ3v) is 8.56. The molecule has 2 amide bonds. The van der Waals surface area contributed by atoms with Crippen molar-refractivity contribution in [1.29, 1.82) is 0 Å². The summed E-state index contributed by atoms with van der Waals surface area (Å²) in [6.07, 6.45) is 2.57. The molecule has 0 bridgehead atoms. The van der Waals surface area contributed by atoms with Gasteiger partial charge in [-0.15, -0.1) is 0 Å². The van der Waals surface area contributed by atoms with Crippen LogP contribution in [0.1, 0.15) is 69.9 Å². The molecule has 2 aliphatic heterocycles. The van der Waals surface area contributed by atoms with E-state index in [1.54, 1.807) is 18.2 Å². The van der Waals surface area contributed by atoms with Crippen molar-refractivity contribution in [3.8, 4) is 0 Å². The quantitative estimate of drug-likeness (QED) is 0.445. The summed E-state index contributed by atoms with van der Waals surface area (Å²) in [7, 11) is 0. The fourth-order valence-electron chi connectivity index (χ4n) is 6.66. The Labute approximate surface area is 226 Å². The number of hydrogen-bond acceptors (Lipinski definition) is 4. The zero-order valence-electron chi connectivity index (χ0n) is 21.8. The molecule has 38 heavy (non-hydrogen) atoms. The van der Waals surface area contributed by atoms with Gasteiger partial charge in [-0.25, -0.2) is 8.78 Å². The Morgan fingerprint density at radius 3 is 2.55 bits per heavy atom. The van der Waals surface area contributed by atoms with Gasteiger partial charge < -0.3 is 21.1 Å². The Kier molecular flexibility index (Phi) is 7.03. The Bertz CT molecular complexity index is 1260. The van der Waals surface area contributed by atoms with Crippen LogP contribution in [0.25, 0.3) is 0 Å². The summed E-state index contributed by atoms with van der Waals surface area (Å²) in [5.74, 6) is -2.87. The minimum atomic E-state index is -1.38. The van der Waals surface area contributed by atoms with Crippen molar-refractivity contribution in [3.63, 3.8) is 0 Å². The van der Waals surface area contributed by atoms with Crippen LogP contribution in [0.5, 0.6) is 0 Å². The van der Waals surface area contributed by atoms with Crippen LogP contribution in [-0.2, 0) is 15.0 Å². The number of hydrogen-bond donors (Lipinski definition) is 4. The lowest BCUT2D eigenvalue weighted by atomic mass is 9.62. The van der Waals surface area contributed by atoms with Crippen LogP contribution in [0.15, 0.2) is 36.4 Å². The van der Waals surface area contributed by atoms with Gasteiger partial charge >= 0.3 is 0 Å². The molecule has 2 heterocycles. The van der Waals surface area contributed by atoms with Crippen LogP contribution in [0.4, 0.5) is 14.5 Å². The van der Waals surface area contributed by atoms with Crippen molar-refractivity contribution >= 4 is 29.1 Å². The molecule has 4 atom stereocenters. The monoisotopic (exact) mass is 545 g/mol. The maximum Gasteiger partial charge on any atom is 0.238 e. The number of nitrogens with one attached hydrogen (secondary N) is 3. The van der Waals surface area contributed by atoms with Crippen molar-refractivity contribution < 1.29 is 23.5 Å². The summed E-state index contributed by atoms with van der Waals surface area (Å²) in [6, 6.07) is 7.10. The van der Waals surface area contributed by atoms with Crippen molar-refractivity contribution in [3.05, 3.63) is 64.2 Å². The molecule has 1 spiro atoms. The van der Waals surface area contributed by atoms with Crippen LogP contribution in [0.3, 0.4) is 0 Å². The number of amides is 2. The van der Waals surface area contributed by atoms with Gasteiger partial charge in [0, 0.05) is 23.7 Å². The van der Waals surface area contributed by atoms with E-state index in [1.807, 2.05) is 20.8 Å². The Hall–Kier alpha value is -2.55. The third kappa shape index (κ3) is 4.61. The molecule has 3 aliphatic rings. The summed E-state index contributed by atoms with van der Waals surface area (Å²) in [6.45, 7) is 6.11. The van der Waals surface area contributed by atoms with Crippen LogP contribution >= 0.6 is 11.6 Å². The molecule has 1 saturated heterocycles. The van der Waals surface area contributed by atoms with Gasteiger partial charge in [-0.3, -0.25) is 9.59 Å². The normalized spacial score (nSPS) is 30.8. The minimum absolute atomic E-state index is 0.102. The molecule has 6 nitrogen and oxygen atoms in total. The van der Waals surface area contributed by atoms with Gasteiger partial charge in [-0.05, 0) is 66.8 Å². The van der Waals surface area contributed by atoms with Gasteiger partial charge in [0.25, 0.3) is 0 Å². The van der Waals surface area contributed by atoms with Gasteiger partial charge in [0.15, 0.2) is 0 Å². The highest BCUT2D eigenvalue weighted by atomic mass is 35.5. The number of carbonyl (C=O) groups is 2. The number of halogens is 3. The smallest absolute Gasteiger partial charge is 0.238 e. The summed E-state index contributed by atoms with van der Waals surface area (Å²) in [5.41, 5.74) is -0.618. The average molecular weight is 546 g/mol. The largest absolute Gasteiger partial charge is 0.393 e. The van der Waals surface area contributed by atoms with Crippen LogP contribution in [0.2, 0.25) is 5.02 Å². The molecule has 2 aromatic rings. The van der Waals surface area contributed by atoms with Gasteiger partial charge in [0.05, 0.1) is 17.2 Å². The van der Waals surface area contributed by atoms with Crippen LogP contribution in [-0.4, -0.2) is 41.2 Å². The van der Waals surface area contributed by atoms with Gasteiger partial charge in [-0.2, -0.15) is 0 Å². The molecule has 9 heteroatoms. The number of carbonyl (C=O) groups excluding carboxylic acids is 2. The molecule has 2 fully saturated rings. The predicted molar refractivity (Wildman–Crippen MR) is 142 cm³/mol. The third-order valence-electron chi connectivity index (χ3n) is 8.26. The van der Waals surface area contributed by atoms with E-state index in [2.05, 4.69) is 16.0 Å². The molecule has 1 aliphatic carbocycles. The maximum atomic E-state index is 15.7. The number of aliphatic hydroxyl groups excluding tert-OH is 1. The highest BCUT2D eigenvalue weighted by Crippen LogP contribution is 2.57. The number of aliphatic hydroxyl groups is 1. The molecule has 4 N–H and O–H groups in total. The number of rotatable bonds is 4. The molecule has 2 aromatic carbocycles. The van der Waals surface area contributed by atoms with Gasteiger partial charge in [-0.1, -0.05) is 50.6 Å². The Balaban J connectivity index is 1.67. The van der Waals surface area contributed by atoms with Crippen LogP contribution in [0, 0.1) is 17.0 Å². The molecule has 5 rings (SSSR count). The second-order valence-electron chi connectivity index (χ2n) is 12.1. The lowest BCUT2D eigenvalue weighted by Crippen LogP contribution is -2.50. The first-order valence-electron chi connectivity index (χ1n) is 13.2. The van der Waals surface area contributed by atoms with Crippen molar-refractivity contribution in [2.24, 2.45) is 5.41 Å². The first-order chi connectivity index (χ1) is 17.9. The molecule has 204 valence electrons. The number of fused-ring (bicyclic) bond motifs is 2. The summed E-state index contributed by atoms with van der Waals surface area (Å²) in [5, 5.41) is 19.2. The second kappa shape index (κ2) is 9.88. The van der Waals surface area contributed by atoms with Crippen molar-refractivity contribution in [2.75, 3.05) is 5.32 Å². The highest BCUT2D eigenvalue weighted by Gasteiger charge is 2.66. The second-order valence-corrected chi connectivity index (χ2v) is 12.5. The molecular weight excluding hydrogens is 512 g/mol. The zero-order chi connectivity index (χ0) is 27.4. The summed E-state index contributed by atoms with van der Waals surface area (Å²) >= 11 is 6.21. The zero-order valence-corrected chi connectivity index (χ0v) is 22.5. The van der Waals surface area contributed by atoms with E-state index in [0.29, 0.717) is 43.4 Å². The highest BCUT2D eigenvalue weighted by molar-refractivity contribution is 6.30. The van der Waals surface area contributed by atoms with E-state index in [0.717, 1.165) is 0 Å². The number of anilines is 1. The average Bonchev–Trinajstić information content (AvgIpc) is 3.31. The summed E-state index contributed by atoms with van der Waals surface area (Å²) in [4.78, 5) is 28.0. The fraction of sp³-hybridized carbons (Fsp3) is 0.517. The lowest BCUT2D eigenvalue weighted by molar-refractivity contribution is -0.124. The summed E-state index contributed by atoms with van der Waals surface area (Å²) < 4.78 is 30.0. The Morgan fingerprint density at radius 2 is 1.87 bits per heavy atom. The molecule has 1 saturated carbocycles. The molecule has 0 radical (unpaired) electrons. The molecular formula is C29H34ClF2N3O3. The van der Waals surface area contributed by atoms with Gasteiger partial charge in [0.2, 0.25) is 11.8 Å². The van der Waals surface area contributed by atoms with Crippen LogP contribution < -0.4 is 16.0 Å². The van der Waals surface area contributed by atoms with Gasteiger partial charge in [0.1, 0.15) is 17.0 Å². The SMILES string of the molecule is CC(C)(C)C[C@@H]1N[C@@H](C(=O)NC2CCC(O)CC2)[C@H](c2cccc(Cl)c2F)C12C(=O)Nc1cc(F)ccc12. The predicted octanol–water partition coefficient (Wildman–Crippen LogP) is 4.79. The van der Waals surface area contributed by atoms with E-state index in [4.69, 9.17) is 11.6 Å². The van der Waals surface area contributed by atoms with E-state index < -0.39 is 41.0 Å². The standard InChI is InChI=1S/C29H34ClF2N3O3/c1-28(2,3)14-22-29(19-12-7-15(31)13-21(19)34-27(29)38)23(18-5-4-6-20(30)24(18)32)25(35-22)26(37)33-16-8-10-17(36)11-9-16/h4-7,12-13,16-17,22-23,25,35-36H,8-11,14H2,1-3H3,(H,33,37)(H,34,38)/t16?,17?,22-,23-,25+,29?/m0/s1. The Morgan fingerprint density at radius 1 is 1.16 bits per heavy atom. The topological polar surface area (TPSA) is 90.5 Å². The molecule has 1 unspecified atom stereocenters. The van der Waals surface area contributed by atoms with Crippen molar-refractivity contribution in [1.82, 2.24) is 10.6 Å². The van der Waals surface area contributed by atoms with Crippen molar-refractivity contribution in [2.45, 2.75) is 88.4 Å².